The molecule has 1 saturated carbocycles. The van der Waals surface area contributed by atoms with E-state index in [2.05, 4.69) is 25.7 Å². The van der Waals surface area contributed by atoms with Gasteiger partial charge in [0, 0.05) is 25.6 Å². The standard InChI is InChI=1S/C21H23FN6.HI/c1-23-20(26-13-21(9-10-21)17-3-2-4-18(22)11-17)25-12-16-5-7-19(8-6-16)28-15-24-14-27-28;/h2-8,11,14-15H,9-10,12-13H2,1H3,(H2,23,25,26);1H. The largest absolute Gasteiger partial charge is 0.356 e. The van der Waals surface area contributed by atoms with Crippen LogP contribution in [0.5, 0.6) is 0 Å². The third-order valence-corrected chi connectivity index (χ3v) is 5.19. The second-order valence-electron chi connectivity index (χ2n) is 7.08. The van der Waals surface area contributed by atoms with E-state index in [0.717, 1.165) is 42.2 Å². The van der Waals surface area contributed by atoms with Crippen molar-refractivity contribution < 1.29 is 4.39 Å². The molecule has 152 valence electrons. The van der Waals surface area contributed by atoms with Gasteiger partial charge in [-0.3, -0.25) is 4.99 Å². The summed E-state index contributed by atoms with van der Waals surface area (Å²) in [7, 11) is 1.75. The van der Waals surface area contributed by atoms with Crippen molar-refractivity contribution in [3.05, 3.63) is 78.1 Å². The first-order chi connectivity index (χ1) is 13.7. The molecule has 29 heavy (non-hydrogen) atoms. The van der Waals surface area contributed by atoms with Crippen molar-refractivity contribution in [2.75, 3.05) is 13.6 Å². The summed E-state index contributed by atoms with van der Waals surface area (Å²) in [5, 5.41) is 10.8. The number of hydrogen-bond acceptors (Lipinski definition) is 3. The van der Waals surface area contributed by atoms with Crippen LogP contribution in [0.25, 0.3) is 5.69 Å². The number of nitrogens with zero attached hydrogens (tertiary/aromatic N) is 4. The van der Waals surface area contributed by atoms with Gasteiger partial charge in [0.05, 0.1) is 5.69 Å². The molecule has 0 atom stereocenters. The van der Waals surface area contributed by atoms with Crippen molar-refractivity contribution >= 4 is 29.9 Å². The first kappa shape index (κ1) is 21.2. The molecule has 3 aromatic rings. The van der Waals surface area contributed by atoms with E-state index in [4.69, 9.17) is 0 Å². The maximum atomic E-state index is 13.6. The molecule has 0 spiro atoms. The topological polar surface area (TPSA) is 67.1 Å². The fourth-order valence-electron chi connectivity index (χ4n) is 3.30. The number of aromatic nitrogens is 3. The Morgan fingerprint density at radius 1 is 1.17 bits per heavy atom. The minimum absolute atomic E-state index is 0. The van der Waals surface area contributed by atoms with E-state index < -0.39 is 0 Å². The summed E-state index contributed by atoms with van der Waals surface area (Å²) >= 11 is 0. The zero-order valence-electron chi connectivity index (χ0n) is 16.2. The van der Waals surface area contributed by atoms with Crippen LogP contribution in [0.2, 0.25) is 0 Å². The van der Waals surface area contributed by atoms with Crippen molar-refractivity contribution in [3.63, 3.8) is 0 Å². The van der Waals surface area contributed by atoms with Gasteiger partial charge < -0.3 is 10.6 Å². The molecular formula is C21H24FIN6. The molecule has 0 bridgehead atoms. The molecule has 0 amide bonds. The zero-order valence-corrected chi connectivity index (χ0v) is 18.5. The maximum Gasteiger partial charge on any atom is 0.191 e. The van der Waals surface area contributed by atoms with Crippen LogP contribution >= 0.6 is 24.0 Å². The molecule has 0 radical (unpaired) electrons. The summed E-state index contributed by atoms with van der Waals surface area (Å²) in [5.41, 5.74) is 3.17. The maximum absolute atomic E-state index is 13.6. The molecule has 1 aliphatic rings. The zero-order chi connectivity index (χ0) is 19.4. The highest BCUT2D eigenvalue weighted by Gasteiger charge is 2.44. The van der Waals surface area contributed by atoms with E-state index in [1.165, 1.54) is 12.4 Å². The predicted molar refractivity (Wildman–Crippen MR) is 122 cm³/mol. The van der Waals surface area contributed by atoms with Gasteiger partial charge in [-0.1, -0.05) is 24.3 Å². The van der Waals surface area contributed by atoms with Gasteiger partial charge in [-0.2, -0.15) is 5.10 Å². The molecular weight excluding hydrogens is 482 g/mol. The van der Waals surface area contributed by atoms with Crippen molar-refractivity contribution in [1.82, 2.24) is 25.4 Å². The molecule has 8 heteroatoms. The normalized spacial score (nSPS) is 14.8. The third kappa shape index (κ3) is 5.11. The van der Waals surface area contributed by atoms with E-state index in [1.807, 2.05) is 30.3 Å². The van der Waals surface area contributed by atoms with Crippen LogP contribution in [0.4, 0.5) is 4.39 Å². The van der Waals surface area contributed by atoms with Crippen LogP contribution in [-0.2, 0) is 12.0 Å². The summed E-state index contributed by atoms with van der Waals surface area (Å²) in [6.07, 6.45) is 5.31. The van der Waals surface area contributed by atoms with E-state index in [1.54, 1.807) is 30.2 Å². The molecule has 6 nitrogen and oxygen atoms in total. The Labute approximate surface area is 186 Å². The highest BCUT2D eigenvalue weighted by molar-refractivity contribution is 14.0. The molecule has 1 fully saturated rings. The number of aliphatic imine (C=N–C) groups is 1. The Hall–Kier alpha value is -2.49. The van der Waals surface area contributed by atoms with Crippen molar-refractivity contribution in [2.24, 2.45) is 4.99 Å². The third-order valence-electron chi connectivity index (χ3n) is 5.19. The monoisotopic (exact) mass is 506 g/mol. The van der Waals surface area contributed by atoms with Crippen LogP contribution in [0, 0.1) is 5.82 Å². The van der Waals surface area contributed by atoms with Gasteiger partial charge in [0.25, 0.3) is 0 Å². The van der Waals surface area contributed by atoms with Gasteiger partial charge >= 0.3 is 0 Å². The van der Waals surface area contributed by atoms with Crippen molar-refractivity contribution in [2.45, 2.75) is 24.8 Å². The van der Waals surface area contributed by atoms with Crippen LogP contribution in [0.1, 0.15) is 24.0 Å². The number of halogens is 2. The van der Waals surface area contributed by atoms with E-state index in [9.17, 15) is 4.39 Å². The summed E-state index contributed by atoms with van der Waals surface area (Å²) in [4.78, 5) is 8.26. The van der Waals surface area contributed by atoms with Gasteiger partial charge in [0.15, 0.2) is 5.96 Å². The van der Waals surface area contributed by atoms with Crippen LogP contribution in [-0.4, -0.2) is 34.3 Å². The molecule has 0 saturated heterocycles. The Morgan fingerprint density at radius 3 is 2.59 bits per heavy atom. The fourth-order valence-corrected chi connectivity index (χ4v) is 3.30. The lowest BCUT2D eigenvalue weighted by atomic mass is 9.96. The van der Waals surface area contributed by atoms with Crippen LogP contribution < -0.4 is 10.6 Å². The molecule has 1 aliphatic carbocycles. The Bertz CT molecular complexity index is 952. The minimum Gasteiger partial charge on any atom is -0.356 e. The second-order valence-corrected chi connectivity index (χ2v) is 7.08. The molecule has 4 rings (SSSR count). The van der Waals surface area contributed by atoms with Gasteiger partial charge in [-0.05, 0) is 48.2 Å². The molecule has 1 aromatic heterocycles. The van der Waals surface area contributed by atoms with Gasteiger partial charge in [-0.25, -0.2) is 14.1 Å². The summed E-state index contributed by atoms with van der Waals surface area (Å²) in [6, 6.07) is 15.0. The highest BCUT2D eigenvalue weighted by atomic mass is 127. The number of guanidine groups is 1. The minimum atomic E-state index is -0.180. The van der Waals surface area contributed by atoms with Crippen molar-refractivity contribution in [1.29, 1.82) is 0 Å². The SMILES string of the molecule is CN=C(NCc1ccc(-n2cncn2)cc1)NCC1(c2cccc(F)c2)CC1.I. The van der Waals surface area contributed by atoms with E-state index in [-0.39, 0.29) is 35.2 Å². The first-order valence-electron chi connectivity index (χ1n) is 9.33. The molecule has 0 unspecified atom stereocenters. The van der Waals surface area contributed by atoms with Crippen molar-refractivity contribution in [3.8, 4) is 5.69 Å². The average molecular weight is 506 g/mol. The second kappa shape index (κ2) is 9.34. The Kier molecular flexibility index (Phi) is 6.83. The van der Waals surface area contributed by atoms with Crippen LogP contribution in [0.15, 0.2) is 66.2 Å². The first-order valence-corrected chi connectivity index (χ1v) is 9.33. The number of rotatable bonds is 6. The summed E-state index contributed by atoms with van der Waals surface area (Å²) < 4.78 is 15.3. The summed E-state index contributed by atoms with van der Waals surface area (Å²) in [6.45, 7) is 1.39. The lowest BCUT2D eigenvalue weighted by molar-refractivity contribution is 0.607. The fraction of sp³-hybridized carbons (Fsp3) is 0.286. The Balaban J connectivity index is 0.00000240. The molecule has 2 N–H and O–H groups in total. The predicted octanol–water partition coefficient (Wildman–Crippen LogP) is 3.42. The van der Waals surface area contributed by atoms with Crippen LogP contribution in [0.3, 0.4) is 0 Å². The number of hydrogen-bond donors (Lipinski definition) is 2. The van der Waals surface area contributed by atoms with Gasteiger partial charge in [0.2, 0.25) is 0 Å². The molecule has 0 aliphatic heterocycles. The number of benzene rings is 2. The Morgan fingerprint density at radius 2 is 1.97 bits per heavy atom. The smallest absolute Gasteiger partial charge is 0.191 e. The number of nitrogens with one attached hydrogen (secondary N) is 2. The van der Waals surface area contributed by atoms with E-state index in [0.29, 0.717) is 6.54 Å². The summed E-state index contributed by atoms with van der Waals surface area (Å²) in [5.74, 6) is 0.559. The quantitative estimate of drug-likeness (QED) is 0.306. The van der Waals surface area contributed by atoms with Gasteiger partial charge in [0.1, 0.15) is 18.5 Å². The highest BCUT2D eigenvalue weighted by Crippen LogP contribution is 2.47. The van der Waals surface area contributed by atoms with E-state index >= 15 is 0 Å². The van der Waals surface area contributed by atoms with Gasteiger partial charge in [-0.15, -0.1) is 24.0 Å². The lowest BCUT2D eigenvalue weighted by Crippen LogP contribution is -2.40. The average Bonchev–Trinajstić information content (AvgIpc) is 3.32. The molecule has 2 aromatic carbocycles. The molecule has 1 heterocycles. The lowest BCUT2D eigenvalue weighted by Gasteiger charge is -2.19.